The molecule has 1 fully saturated rings. The van der Waals surface area contributed by atoms with Gasteiger partial charge in [-0.05, 0) is 25.5 Å². The molecule has 1 aromatic rings. The summed E-state index contributed by atoms with van der Waals surface area (Å²) in [6.07, 6.45) is 4.31. The molecule has 4 nitrogen and oxygen atoms in total. The molecular weight excluding hydrogens is 190 g/mol. The van der Waals surface area contributed by atoms with Crippen molar-refractivity contribution in [2.24, 2.45) is 0 Å². The van der Waals surface area contributed by atoms with Gasteiger partial charge in [0.25, 0.3) is 0 Å². The van der Waals surface area contributed by atoms with Gasteiger partial charge in [0.2, 0.25) is 0 Å². The number of aromatic nitrogens is 2. The zero-order valence-corrected chi connectivity index (χ0v) is 9.28. The highest BCUT2D eigenvalue weighted by Gasteiger charge is 2.17. The monoisotopic (exact) mass is 209 g/mol. The Labute approximate surface area is 90.6 Å². The molecule has 1 aliphatic heterocycles. The van der Waals surface area contributed by atoms with E-state index in [2.05, 4.69) is 29.6 Å². The van der Waals surface area contributed by atoms with Crippen molar-refractivity contribution in [3.8, 4) is 0 Å². The van der Waals surface area contributed by atoms with Crippen LogP contribution in [0.4, 0.5) is 0 Å². The summed E-state index contributed by atoms with van der Waals surface area (Å²) in [6, 6.07) is 2.53. The van der Waals surface area contributed by atoms with Gasteiger partial charge >= 0.3 is 0 Å². The van der Waals surface area contributed by atoms with Gasteiger partial charge in [0.15, 0.2) is 0 Å². The molecule has 1 N–H and O–H groups in total. The van der Waals surface area contributed by atoms with Crippen molar-refractivity contribution in [1.29, 1.82) is 0 Å². The Bertz CT molecular complexity index is 292. The molecule has 1 atom stereocenters. The van der Waals surface area contributed by atoms with Crippen molar-refractivity contribution in [3.05, 3.63) is 18.0 Å². The molecule has 4 heteroatoms. The lowest BCUT2D eigenvalue weighted by Gasteiger charge is -2.07. The number of nitrogens with one attached hydrogen (secondary N) is 1. The van der Waals surface area contributed by atoms with E-state index in [1.54, 1.807) is 0 Å². The molecule has 84 valence electrons. The van der Waals surface area contributed by atoms with Gasteiger partial charge in [0.1, 0.15) is 0 Å². The van der Waals surface area contributed by atoms with Gasteiger partial charge in [-0.3, -0.25) is 4.68 Å². The minimum Gasteiger partial charge on any atom is -0.379 e. The van der Waals surface area contributed by atoms with E-state index in [1.807, 2.05) is 4.68 Å². The number of nitrogens with zero attached hydrogens (tertiary/aromatic N) is 2. The van der Waals surface area contributed by atoms with E-state index in [0.717, 1.165) is 44.8 Å². The lowest BCUT2D eigenvalue weighted by atomic mass is 10.3. The predicted molar refractivity (Wildman–Crippen MR) is 58.7 cm³/mol. The molecular formula is C11H19N3O. The lowest BCUT2D eigenvalue weighted by Crippen LogP contribution is -2.15. The van der Waals surface area contributed by atoms with Gasteiger partial charge in [0, 0.05) is 19.3 Å². The Kier molecular flexibility index (Phi) is 3.75. The van der Waals surface area contributed by atoms with Crippen molar-refractivity contribution in [3.63, 3.8) is 0 Å². The van der Waals surface area contributed by atoms with Crippen LogP contribution in [-0.2, 0) is 11.3 Å². The Morgan fingerprint density at radius 3 is 3.33 bits per heavy atom. The summed E-state index contributed by atoms with van der Waals surface area (Å²) in [4.78, 5) is 0. The second-order valence-electron chi connectivity index (χ2n) is 3.98. The van der Waals surface area contributed by atoms with Gasteiger partial charge < -0.3 is 10.1 Å². The average Bonchev–Trinajstić information content (AvgIpc) is 2.87. The lowest BCUT2D eigenvalue weighted by molar-refractivity contribution is 0.184. The highest BCUT2D eigenvalue weighted by Crippen LogP contribution is 2.17. The molecule has 0 spiro atoms. The summed E-state index contributed by atoms with van der Waals surface area (Å²) in [6.45, 7) is 5.77. The molecule has 0 aliphatic carbocycles. The molecule has 1 aromatic heterocycles. The Morgan fingerprint density at radius 1 is 1.67 bits per heavy atom. The van der Waals surface area contributed by atoms with Crippen LogP contribution >= 0.6 is 0 Å². The van der Waals surface area contributed by atoms with Crippen LogP contribution in [0, 0.1) is 0 Å². The van der Waals surface area contributed by atoms with E-state index in [1.165, 1.54) is 0 Å². The first kappa shape index (κ1) is 10.6. The fraction of sp³-hybridized carbons (Fsp3) is 0.727. The van der Waals surface area contributed by atoms with Crippen LogP contribution in [-0.4, -0.2) is 29.5 Å². The van der Waals surface area contributed by atoms with Crippen LogP contribution in [0.1, 0.15) is 31.5 Å². The molecule has 0 aromatic carbocycles. The average molecular weight is 209 g/mol. The molecule has 15 heavy (non-hydrogen) atoms. The number of hydrogen-bond acceptors (Lipinski definition) is 3. The highest BCUT2D eigenvalue weighted by atomic mass is 16.5. The first-order valence-corrected chi connectivity index (χ1v) is 5.72. The molecule has 0 saturated carbocycles. The Balaban J connectivity index is 1.86. The smallest absolute Gasteiger partial charge is 0.0774 e. The normalized spacial score (nSPS) is 21.0. The summed E-state index contributed by atoms with van der Waals surface area (Å²) < 4.78 is 7.38. The van der Waals surface area contributed by atoms with Gasteiger partial charge in [-0.2, -0.15) is 5.10 Å². The van der Waals surface area contributed by atoms with Gasteiger partial charge in [0.05, 0.1) is 18.3 Å². The standard InChI is InChI=1S/C11H19N3O/c1-2-5-12-8-10-3-6-14(13-10)11-4-7-15-9-11/h3,6,11-12H,2,4-5,7-9H2,1H3. The van der Waals surface area contributed by atoms with E-state index in [-0.39, 0.29) is 0 Å². The van der Waals surface area contributed by atoms with E-state index in [4.69, 9.17) is 4.74 Å². The molecule has 2 rings (SSSR count). The molecule has 1 aliphatic rings. The number of ether oxygens (including phenoxy) is 1. The van der Waals surface area contributed by atoms with E-state index >= 15 is 0 Å². The fourth-order valence-corrected chi connectivity index (χ4v) is 1.80. The third-order valence-electron chi connectivity index (χ3n) is 2.68. The van der Waals surface area contributed by atoms with E-state index in [0.29, 0.717) is 6.04 Å². The number of hydrogen-bond donors (Lipinski definition) is 1. The minimum absolute atomic E-state index is 0.449. The highest BCUT2D eigenvalue weighted by molar-refractivity contribution is 4.99. The topological polar surface area (TPSA) is 39.1 Å². The summed E-state index contributed by atoms with van der Waals surface area (Å²) >= 11 is 0. The summed E-state index contributed by atoms with van der Waals surface area (Å²) in [5, 5.41) is 7.89. The second kappa shape index (κ2) is 5.28. The van der Waals surface area contributed by atoms with Crippen LogP contribution in [0.15, 0.2) is 12.3 Å². The maximum absolute atomic E-state index is 5.34. The Hall–Kier alpha value is -0.870. The molecule has 0 amide bonds. The molecule has 1 saturated heterocycles. The quantitative estimate of drug-likeness (QED) is 0.744. The molecule has 1 unspecified atom stereocenters. The zero-order chi connectivity index (χ0) is 10.5. The van der Waals surface area contributed by atoms with Crippen molar-refractivity contribution >= 4 is 0 Å². The van der Waals surface area contributed by atoms with Gasteiger partial charge in [-0.25, -0.2) is 0 Å². The van der Waals surface area contributed by atoms with Gasteiger partial charge in [-0.15, -0.1) is 0 Å². The third kappa shape index (κ3) is 2.79. The zero-order valence-electron chi connectivity index (χ0n) is 9.28. The minimum atomic E-state index is 0.449. The van der Waals surface area contributed by atoms with Crippen LogP contribution in [0.5, 0.6) is 0 Å². The first-order valence-electron chi connectivity index (χ1n) is 5.72. The summed E-state index contributed by atoms with van der Waals surface area (Å²) in [7, 11) is 0. The molecule has 2 heterocycles. The van der Waals surface area contributed by atoms with Crippen molar-refractivity contribution in [1.82, 2.24) is 15.1 Å². The third-order valence-corrected chi connectivity index (χ3v) is 2.68. The molecule has 0 bridgehead atoms. The Morgan fingerprint density at radius 2 is 2.60 bits per heavy atom. The number of rotatable bonds is 5. The van der Waals surface area contributed by atoms with E-state index in [9.17, 15) is 0 Å². The SMILES string of the molecule is CCCNCc1ccn(C2CCOC2)n1. The second-order valence-corrected chi connectivity index (χ2v) is 3.98. The van der Waals surface area contributed by atoms with Crippen LogP contribution < -0.4 is 5.32 Å². The van der Waals surface area contributed by atoms with Crippen LogP contribution in [0.3, 0.4) is 0 Å². The van der Waals surface area contributed by atoms with Gasteiger partial charge in [-0.1, -0.05) is 6.92 Å². The van der Waals surface area contributed by atoms with Crippen LogP contribution in [0.25, 0.3) is 0 Å². The van der Waals surface area contributed by atoms with Crippen LogP contribution in [0.2, 0.25) is 0 Å². The van der Waals surface area contributed by atoms with Crippen molar-refractivity contribution in [2.75, 3.05) is 19.8 Å². The van der Waals surface area contributed by atoms with E-state index < -0.39 is 0 Å². The first-order chi connectivity index (χ1) is 7.40. The summed E-state index contributed by atoms with van der Waals surface area (Å²) in [5.74, 6) is 0. The van der Waals surface area contributed by atoms with Crippen molar-refractivity contribution < 1.29 is 4.74 Å². The maximum Gasteiger partial charge on any atom is 0.0774 e. The predicted octanol–water partition coefficient (Wildman–Crippen LogP) is 1.34. The summed E-state index contributed by atoms with van der Waals surface area (Å²) in [5.41, 5.74) is 1.12. The molecule has 0 radical (unpaired) electrons. The van der Waals surface area contributed by atoms with Crippen molar-refractivity contribution in [2.45, 2.75) is 32.4 Å². The fourth-order valence-electron chi connectivity index (χ4n) is 1.80. The largest absolute Gasteiger partial charge is 0.379 e. The maximum atomic E-state index is 5.34.